The van der Waals surface area contributed by atoms with Crippen molar-refractivity contribution in [2.75, 3.05) is 26.7 Å². The summed E-state index contributed by atoms with van der Waals surface area (Å²) in [7, 11) is 1.82. The van der Waals surface area contributed by atoms with Crippen molar-refractivity contribution in [3.63, 3.8) is 0 Å². The molecular weight excluding hydrogens is 312 g/mol. The third-order valence-corrected chi connectivity index (χ3v) is 5.74. The van der Waals surface area contributed by atoms with Crippen LogP contribution in [0.5, 0.6) is 0 Å². The Balaban J connectivity index is 1.38. The minimum absolute atomic E-state index is 0.833. The van der Waals surface area contributed by atoms with Gasteiger partial charge in [-0.2, -0.15) is 0 Å². The number of fused-ring (bicyclic) bond motifs is 1. The highest BCUT2D eigenvalue weighted by atomic mass is 32.1. The molecule has 6 heteroatoms. The first-order valence-corrected chi connectivity index (χ1v) is 9.35. The van der Waals surface area contributed by atoms with Gasteiger partial charge in [0.2, 0.25) is 0 Å². The van der Waals surface area contributed by atoms with Crippen LogP contribution in [-0.2, 0) is 19.5 Å². The summed E-state index contributed by atoms with van der Waals surface area (Å²) in [4.78, 5) is 9.68. The largest absolute Gasteiger partial charge is 0.355 e. The highest BCUT2D eigenvalue weighted by molar-refractivity contribution is 7.10. The van der Waals surface area contributed by atoms with Gasteiger partial charge in [0.1, 0.15) is 0 Å². The van der Waals surface area contributed by atoms with E-state index in [0.29, 0.717) is 0 Å². The number of nitrogens with zero attached hydrogens (tertiary/aromatic N) is 2. The molecule has 0 radical (unpaired) electrons. The lowest BCUT2D eigenvalue weighted by Gasteiger charge is -2.27. The lowest BCUT2D eigenvalue weighted by Crippen LogP contribution is -2.42. The molecule has 1 aliphatic rings. The van der Waals surface area contributed by atoms with E-state index in [9.17, 15) is 0 Å². The molecule has 118 valence electrons. The van der Waals surface area contributed by atoms with Gasteiger partial charge in [-0.05, 0) is 34.9 Å². The summed E-state index contributed by atoms with van der Waals surface area (Å²) in [5, 5.41) is 11.1. The van der Waals surface area contributed by atoms with E-state index in [2.05, 4.69) is 49.5 Å². The maximum absolute atomic E-state index is 4.28. The Morgan fingerprint density at radius 1 is 1.27 bits per heavy atom. The van der Waals surface area contributed by atoms with E-state index in [1.54, 1.807) is 16.2 Å². The van der Waals surface area contributed by atoms with E-state index in [4.69, 9.17) is 0 Å². The third-order valence-electron chi connectivity index (χ3n) is 3.84. The first kappa shape index (κ1) is 15.5. The third kappa shape index (κ3) is 4.09. The van der Waals surface area contributed by atoms with Gasteiger partial charge in [-0.3, -0.25) is 9.89 Å². The van der Waals surface area contributed by atoms with Crippen molar-refractivity contribution in [2.45, 2.75) is 19.5 Å². The zero-order valence-corrected chi connectivity index (χ0v) is 14.5. The molecule has 0 aromatic carbocycles. The maximum atomic E-state index is 4.28. The Morgan fingerprint density at radius 2 is 2.23 bits per heavy atom. The molecule has 0 saturated carbocycles. The molecule has 4 nitrogen and oxygen atoms in total. The van der Waals surface area contributed by atoms with Crippen LogP contribution in [0.3, 0.4) is 0 Å². The Labute approximate surface area is 139 Å². The van der Waals surface area contributed by atoms with Crippen molar-refractivity contribution in [1.82, 2.24) is 15.5 Å². The van der Waals surface area contributed by atoms with E-state index in [-0.39, 0.29) is 0 Å². The van der Waals surface area contributed by atoms with Crippen LogP contribution >= 0.6 is 22.7 Å². The van der Waals surface area contributed by atoms with Crippen LogP contribution in [0.4, 0.5) is 0 Å². The van der Waals surface area contributed by atoms with Crippen LogP contribution in [0.25, 0.3) is 0 Å². The van der Waals surface area contributed by atoms with Gasteiger partial charge < -0.3 is 10.6 Å². The number of hydrogen-bond donors (Lipinski definition) is 2. The van der Waals surface area contributed by atoms with Crippen molar-refractivity contribution in [2.24, 2.45) is 4.99 Å². The van der Waals surface area contributed by atoms with Crippen molar-refractivity contribution in [3.05, 3.63) is 44.3 Å². The number of rotatable bonds is 5. The van der Waals surface area contributed by atoms with E-state index in [1.807, 2.05) is 18.4 Å². The molecule has 2 N–H and O–H groups in total. The molecule has 1 aliphatic heterocycles. The van der Waals surface area contributed by atoms with Gasteiger partial charge in [0.25, 0.3) is 0 Å². The van der Waals surface area contributed by atoms with E-state index in [1.165, 1.54) is 16.9 Å². The van der Waals surface area contributed by atoms with Crippen LogP contribution in [0, 0.1) is 0 Å². The summed E-state index contributed by atoms with van der Waals surface area (Å²) in [6.45, 7) is 5.05. The van der Waals surface area contributed by atoms with Crippen molar-refractivity contribution >= 4 is 28.6 Å². The normalized spacial score (nSPS) is 15.6. The average Bonchev–Trinajstić information content (AvgIpc) is 3.21. The van der Waals surface area contributed by atoms with Crippen molar-refractivity contribution < 1.29 is 0 Å². The Bertz CT molecular complexity index is 603. The quantitative estimate of drug-likeness (QED) is 0.652. The summed E-state index contributed by atoms with van der Waals surface area (Å²) in [6, 6.07) is 6.48. The Morgan fingerprint density at radius 3 is 3.05 bits per heavy atom. The van der Waals surface area contributed by atoms with Gasteiger partial charge in [-0.1, -0.05) is 6.07 Å². The molecule has 0 bridgehead atoms. The van der Waals surface area contributed by atoms with Crippen LogP contribution < -0.4 is 10.6 Å². The summed E-state index contributed by atoms with van der Waals surface area (Å²) in [5.74, 6) is 0.877. The fourth-order valence-corrected chi connectivity index (χ4v) is 4.17. The monoisotopic (exact) mass is 334 g/mol. The smallest absolute Gasteiger partial charge is 0.191 e. The van der Waals surface area contributed by atoms with Gasteiger partial charge in [0.15, 0.2) is 5.96 Å². The molecule has 0 amide bonds. The zero-order chi connectivity index (χ0) is 15.2. The standard InChI is InChI=1S/C16H22N4S2/c1-17-16(19-11-14-3-2-9-21-14)18-6-8-20-7-4-15-13(12-20)5-10-22-15/h2-3,5,9-10H,4,6-8,11-12H2,1H3,(H2,17,18,19). The molecule has 3 rings (SSSR count). The summed E-state index contributed by atoms with van der Waals surface area (Å²) in [5.41, 5.74) is 1.51. The molecule has 0 atom stereocenters. The van der Waals surface area contributed by atoms with Crippen molar-refractivity contribution in [3.8, 4) is 0 Å². The van der Waals surface area contributed by atoms with Gasteiger partial charge in [-0.15, -0.1) is 22.7 Å². The first-order valence-electron chi connectivity index (χ1n) is 7.59. The molecule has 0 saturated heterocycles. The molecule has 0 aliphatic carbocycles. The van der Waals surface area contributed by atoms with Crippen LogP contribution in [0.1, 0.15) is 15.3 Å². The fourth-order valence-electron chi connectivity index (χ4n) is 2.63. The van der Waals surface area contributed by atoms with Gasteiger partial charge in [0, 0.05) is 43.0 Å². The highest BCUT2D eigenvalue weighted by Gasteiger charge is 2.16. The molecule has 3 heterocycles. The number of nitrogens with one attached hydrogen (secondary N) is 2. The number of aliphatic imine (C=N–C) groups is 1. The molecule has 2 aromatic rings. The molecular formula is C16H22N4S2. The minimum atomic E-state index is 0.833. The maximum Gasteiger partial charge on any atom is 0.191 e. The SMILES string of the molecule is CN=C(NCCN1CCc2sccc2C1)NCc1cccs1. The number of hydrogen-bond acceptors (Lipinski definition) is 4. The van der Waals surface area contributed by atoms with E-state index < -0.39 is 0 Å². The number of thiophene rings is 2. The second kappa shape index (κ2) is 7.76. The lowest BCUT2D eigenvalue weighted by atomic mass is 10.1. The second-order valence-electron chi connectivity index (χ2n) is 5.33. The van der Waals surface area contributed by atoms with Gasteiger partial charge in [-0.25, -0.2) is 0 Å². The fraction of sp³-hybridized carbons (Fsp3) is 0.438. The van der Waals surface area contributed by atoms with E-state index >= 15 is 0 Å². The van der Waals surface area contributed by atoms with Crippen molar-refractivity contribution in [1.29, 1.82) is 0 Å². The van der Waals surface area contributed by atoms with Gasteiger partial charge >= 0.3 is 0 Å². The molecule has 0 fully saturated rings. The minimum Gasteiger partial charge on any atom is -0.355 e. The number of guanidine groups is 1. The first-order chi connectivity index (χ1) is 10.8. The molecule has 0 spiro atoms. The van der Waals surface area contributed by atoms with E-state index in [0.717, 1.165) is 38.7 Å². The summed E-state index contributed by atoms with van der Waals surface area (Å²) < 4.78 is 0. The van der Waals surface area contributed by atoms with Crippen LogP contribution in [0.2, 0.25) is 0 Å². The highest BCUT2D eigenvalue weighted by Crippen LogP contribution is 2.23. The Hall–Kier alpha value is -1.37. The zero-order valence-electron chi connectivity index (χ0n) is 12.8. The molecule has 0 unspecified atom stereocenters. The van der Waals surface area contributed by atoms with Crippen LogP contribution in [-0.4, -0.2) is 37.5 Å². The van der Waals surface area contributed by atoms with Crippen LogP contribution in [0.15, 0.2) is 34.0 Å². The molecule has 2 aromatic heterocycles. The summed E-state index contributed by atoms with van der Waals surface area (Å²) in [6.07, 6.45) is 1.19. The second-order valence-corrected chi connectivity index (χ2v) is 7.36. The predicted octanol–water partition coefficient (Wildman–Crippen LogP) is 2.53. The topological polar surface area (TPSA) is 39.7 Å². The lowest BCUT2D eigenvalue weighted by molar-refractivity contribution is 0.260. The predicted molar refractivity (Wildman–Crippen MR) is 95.8 cm³/mol. The average molecular weight is 335 g/mol. The van der Waals surface area contributed by atoms with Gasteiger partial charge in [0.05, 0.1) is 6.54 Å². The molecule has 22 heavy (non-hydrogen) atoms. The Kier molecular flexibility index (Phi) is 5.48. The summed E-state index contributed by atoms with van der Waals surface area (Å²) >= 11 is 3.66.